The summed E-state index contributed by atoms with van der Waals surface area (Å²) in [7, 11) is -4.32. The summed E-state index contributed by atoms with van der Waals surface area (Å²) in [6.07, 6.45) is -9.30. The van der Waals surface area contributed by atoms with Crippen LogP contribution in [0.4, 0.5) is 26.3 Å². The van der Waals surface area contributed by atoms with Crippen molar-refractivity contribution in [2.75, 3.05) is 0 Å². The zero-order chi connectivity index (χ0) is 18.9. The standard InChI is InChI=1S/C15H11F6NO2S/c16-14(17,18)11-4-1-3-10(7-11)9-22-25(23,24)13-6-2-5-12(8-13)15(19,20)21/h1-8,22H,9H2. The number of benzene rings is 2. The monoisotopic (exact) mass is 383 g/mol. The van der Waals surface area contributed by atoms with Gasteiger partial charge in [0.05, 0.1) is 16.0 Å². The quantitative estimate of drug-likeness (QED) is 0.805. The summed E-state index contributed by atoms with van der Waals surface area (Å²) in [5.74, 6) is 0. The van der Waals surface area contributed by atoms with Crippen molar-refractivity contribution in [3.05, 3.63) is 65.2 Å². The van der Waals surface area contributed by atoms with Gasteiger partial charge in [0, 0.05) is 6.54 Å². The number of sulfonamides is 1. The van der Waals surface area contributed by atoms with Crippen molar-refractivity contribution in [3.63, 3.8) is 0 Å². The van der Waals surface area contributed by atoms with E-state index in [9.17, 15) is 34.8 Å². The fourth-order valence-electron chi connectivity index (χ4n) is 1.96. The summed E-state index contributed by atoms with van der Waals surface area (Å²) in [5.41, 5.74) is -2.08. The van der Waals surface area contributed by atoms with E-state index in [0.29, 0.717) is 12.1 Å². The molecular weight excluding hydrogens is 372 g/mol. The topological polar surface area (TPSA) is 46.2 Å². The first-order valence-electron chi connectivity index (χ1n) is 6.73. The van der Waals surface area contributed by atoms with E-state index in [2.05, 4.69) is 0 Å². The van der Waals surface area contributed by atoms with Crippen molar-refractivity contribution in [2.45, 2.75) is 23.8 Å². The summed E-state index contributed by atoms with van der Waals surface area (Å²) < 4.78 is 102. The molecular formula is C15H11F6NO2S. The van der Waals surface area contributed by atoms with Gasteiger partial charge in [0.15, 0.2) is 0 Å². The minimum absolute atomic E-state index is 0.0189. The normalized spacial score (nSPS) is 13.0. The maximum Gasteiger partial charge on any atom is 0.416 e. The molecule has 25 heavy (non-hydrogen) atoms. The largest absolute Gasteiger partial charge is 0.416 e. The molecule has 0 heterocycles. The van der Waals surface area contributed by atoms with Crippen LogP contribution in [0.2, 0.25) is 0 Å². The Labute approximate surface area is 139 Å². The molecule has 0 saturated carbocycles. The Morgan fingerprint density at radius 3 is 1.88 bits per heavy atom. The summed E-state index contributed by atoms with van der Waals surface area (Å²) in [6, 6.07) is 7.02. The Balaban J connectivity index is 2.21. The van der Waals surface area contributed by atoms with Crippen LogP contribution in [0.25, 0.3) is 0 Å². The summed E-state index contributed by atoms with van der Waals surface area (Å²) in [4.78, 5) is -0.630. The maximum absolute atomic E-state index is 12.6. The number of hydrogen-bond donors (Lipinski definition) is 1. The molecule has 0 saturated heterocycles. The van der Waals surface area contributed by atoms with Crippen LogP contribution in [-0.4, -0.2) is 8.42 Å². The van der Waals surface area contributed by atoms with Crippen LogP contribution in [-0.2, 0) is 28.9 Å². The van der Waals surface area contributed by atoms with Crippen LogP contribution in [0.1, 0.15) is 16.7 Å². The Bertz CT molecular complexity index is 859. The van der Waals surface area contributed by atoms with Gasteiger partial charge in [-0.15, -0.1) is 0 Å². The number of nitrogens with one attached hydrogen (secondary N) is 1. The molecule has 0 bridgehead atoms. The Hall–Kier alpha value is -2.07. The first-order chi connectivity index (χ1) is 11.4. The van der Waals surface area contributed by atoms with Gasteiger partial charge in [-0.25, -0.2) is 13.1 Å². The highest BCUT2D eigenvalue weighted by Gasteiger charge is 2.32. The van der Waals surface area contributed by atoms with Gasteiger partial charge >= 0.3 is 12.4 Å². The molecule has 136 valence electrons. The van der Waals surface area contributed by atoms with Crippen molar-refractivity contribution in [1.82, 2.24) is 4.72 Å². The van der Waals surface area contributed by atoms with Crippen LogP contribution < -0.4 is 4.72 Å². The van der Waals surface area contributed by atoms with Crippen molar-refractivity contribution in [1.29, 1.82) is 0 Å². The van der Waals surface area contributed by atoms with E-state index in [1.54, 1.807) is 0 Å². The summed E-state index contributed by atoms with van der Waals surface area (Å²) >= 11 is 0. The molecule has 0 aliphatic heterocycles. The van der Waals surface area contributed by atoms with E-state index in [-0.39, 0.29) is 5.56 Å². The molecule has 0 unspecified atom stereocenters. The van der Waals surface area contributed by atoms with E-state index in [1.165, 1.54) is 6.07 Å². The van der Waals surface area contributed by atoms with Crippen LogP contribution in [0.5, 0.6) is 0 Å². The highest BCUT2D eigenvalue weighted by Crippen LogP contribution is 2.31. The zero-order valence-corrected chi connectivity index (χ0v) is 13.1. The highest BCUT2D eigenvalue weighted by molar-refractivity contribution is 7.89. The van der Waals surface area contributed by atoms with E-state index in [4.69, 9.17) is 0 Å². The fraction of sp³-hybridized carbons (Fsp3) is 0.200. The second-order valence-electron chi connectivity index (χ2n) is 5.05. The lowest BCUT2D eigenvalue weighted by Crippen LogP contribution is -2.24. The van der Waals surface area contributed by atoms with Gasteiger partial charge in [0.2, 0.25) is 10.0 Å². The third-order valence-electron chi connectivity index (χ3n) is 3.19. The van der Waals surface area contributed by atoms with Crippen LogP contribution >= 0.6 is 0 Å². The molecule has 0 aliphatic carbocycles. The number of halogens is 6. The Morgan fingerprint density at radius 2 is 1.32 bits per heavy atom. The lowest BCUT2D eigenvalue weighted by atomic mass is 10.1. The first kappa shape index (κ1) is 19.3. The third-order valence-corrected chi connectivity index (χ3v) is 4.59. The van der Waals surface area contributed by atoms with Gasteiger partial charge in [0.1, 0.15) is 0 Å². The summed E-state index contributed by atoms with van der Waals surface area (Å²) in [6.45, 7) is -0.498. The molecule has 0 radical (unpaired) electrons. The predicted octanol–water partition coefficient (Wildman–Crippen LogP) is 4.20. The molecule has 0 aromatic heterocycles. The predicted molar refractivity (Wildman–Crippen MR) is 76.9 cm³/mol. The third kappa shape index (κ3) is 4.95. The lowest BCUT2D eigenvalue weighted by Gasteiger charge is -2.11. The van der Waals surface area contributed by atoms with Gasteiger partial charge < -0.3 is 0 Å². The molecule has 1 N–H and O–H groups in total. The number of alkyl halides is 6. The molecule has 3 nitrogen and oxygen atoms in total. The maximum atomic E-state index is 12.6. The van der Waals surface area contributed by atoms with Gasteiger partial charge in [0.25, 0.3) is 0 Å². The second-order valence-corrected chi connectivity index (χ2v) is 6.82. The average molecular weight is 383 g/mol. The van der Waals surface area contributed by atoms with Gasteiger partial charge in [-0.05, 0) is 29.8 Å². The van der Waals surface area contributed by atoms with E-state index < -0.39 is 44.9 Å². The molecule has 10 heteroatoms. The van der Waals surface area contributed by atoms with E-state index in [1.807, 2.05) is 4.72 Å². The molecule has 0 atom stereocenters. The minimum Gasteiger partial charge on any atom is -0.207 e. The summed E-state index contributed by atoms with van der Waals surface area (Å²) in [5, 5.41) is 0. The Morgan fingerprint density at radius 1 is 0.800 bits per heavy atom. The smallest absolute Gasteiger partial charge is 0.207 e. The van der Waals surface area contributed by atoms with Crippen LogP contribution in [0, 0.1) is 0 Å². The highest BCUT2D eigenvalue weighted by atomic mass is 32.2. The fourth-order valence-corrected chi connectivity index (χ4v) is 3.02. The number of rotatable bonds is 4. The van der Waals surface area contributed by atoms with Crippen molar-refractivity contribution < 1.29 is 34.8 Å². The van der Waals surface area contributed by atoms with Crippen molar-refractivity contribution in [2.24, 2.45) is 0 Å². The van der Waals surface area contributed by atoms with E-state index >= 15 is 0 Å². The molecule has 0 aliphatic rings. The SMILES string of the molecule is O=S(=O)(NCc1cccc(C(F)(F)F)c1)c1cccc(C(F)(F)F)c1. The van der Waals surface area contributed by atoms with Crippen LogP contribution in [0.15, 0.2) is 53.4 Å². The van der Waals surface area contributed by atoms with Gasteiger partial charge in [-0.3, -0.25) is 0 Å². The molecule has 2 aromatic rings. The molecule has 0 amide bonds. The Kier molecular flexibility index (Phi) is 5.14. The lowest BCUT2D eigenvalue weighted by molar-refractivity contribution is -0.138. The molecule has 0 fully saturated rings. The van der Waals surface area contributed by atoms with Crippen molar-refractivity contribution in [3.8, 4) is 0 Å². The van der Waals surface area contributed by atoms with Gasteiger partial charge in [-0.1, -0.05) is 24.3 Å². The van der Waals surface area contributed by atoms with Gasteiger partial charge in [-0.2, -0.15) is 26.3 Å². The van der Waals surface area contributed by atoms with Crippen LogP contribution in [0.3, 0.4) is 0 Å². The second kappa shape index (κ2) is 6.68. The van der Waals surface area contributed by atoms with Crippen molar-refractivity contribution >= 4 is 10.0 Å². The molecule has 2 rings (SSSR count). The molecule has 2 aromatic carbocycles. The molecule has 0 spiro atoms. The zero-order valence-electron chi connectivity index (χ0n) is 12.3. The first-order valence-corrected chi connectivity index (χ1v) is 8.21. The average Bonchev–Trinajstić information content (AvgIpc) is 2.52. The minimum atomic E-state index is -4.72. The van der Waals surface area contributed by atoms with E-state index in [0.717, 1.165) is 30.3 Å². The number of hydrogen-bond acceptors (Lipinski definition) is 2.